The lowest BCUT2D eigenvalue weighted by Crippen LogP contribution is -2.42. The molecule has 0 bridgehead atoms. The van der Waals surface area contributed by atoms with Crippen LogP contribution in [-0.4, -0.2) is 54.5 Å². The van der Waals surface area contributed by atoms with E-state index in [0.717, 1.165) is 32.3 Å². The first-order chi connectivity index (χ1) is 25.4. The van der Waals surface area contributed by atoms with Gasteiger partial charge < -0.3 is 20.8 Å². The van der Waals surface area contributed by atoms with Crippen LogP contribution >= 0.6 is 23.5 Å². The van der Waals surface area contributed by atoms with Crippen molar-refractivity contribution in [2.75, 3.05) is 10.6 Å². The van der Waals surface area contributed by atoms with Gasteiger partial charge in [0.15, 0.2) is 11.0 Å². The third kappa shape index (κ3) is 5.58. The lowest BCUT2D eigenvalue weighted by atomic mass is 10.1. The Morgan fingerprint density at radius 3 is 1.35 bits per heavy atom. The molecule has 0 spiro atoms. The molecule has 0 saturated carbocycles. The van der Waals surface area contributed by atoms with Gasteiger partial charge in [0.25, 0.3) is 11.8 Å². The zero-order chi connectivity index (χ0) is 35.3. The molecule has 2 amide bonds. The minimum Gasteiger partial charge on any atom is -0.507 e. The van der Waals surface area contributed by atoms with E-state index in [1.807, 2.05) is 72.8 Å². The number of aliphatic imine (C=N–C) groups is 2. The number of amidine groups is 2. The number of fused-ring (bicyclic) bond motifs is 2. The molecule has 5 aromatic carbocycles. The van der Waals surface area contributed by atoms with Crippen molar-refractivity contribution in [2.24, 2.45) is 9.98 Å². The van der Waals surface area contributed by atoms with E-state index >= 15 is 0 Å². The number of rotatable bonds is 6. The van der Waals surface area contributed by atoms with Crippen molar-refractivity contribution in [3.8, 4) is 11.5 Å². The molecule has 9 rings (SSSR count). The van der Waals surface area contributed by atoms with Crippen LogP contribution in [0.3, 0.4) is 0 Å². The standard InChI is InChI=1S/C40H28N6O4S2/c47-31-17-9-7-15-25(31)19-29-37(49)45(35(41-29)23-11-3-1-4-12-23)39-43-27-21-34-28(22-33(27)51-39)44-40(52-34)46-36(24-13-5-2-6-14-24)42-30(38(46)50)20-26-16-8-10-18-32(26)48/h1-22,39-40,43-44,47-48H. The molecule has 2 atom stereocenters. The fraction of sp³-hybridized carbons (Fsp3) is 0.0500. The highest BCUT2D eigenvalue weighted by atomic mass is 32.2. The van der Waals surface area contributed by atoms with Gasteiger partial charge in [-0.25, -0.2) is 9.98 Å². The number of aromatic hydroxyl groups is 2. The number of thioether (sulfide) groups is 2. The van der Waals surface area contributed by atoms with Gasteiger partial charge in [-0.3, -0.25) is 19.4 Å². The smallest absolute Gasteiger partial charge is 0.280 e. The van der Waals surface area contributed by atoms with Gasteiger partial charge in [0.2, 0.25) is 0 Å². The molecule has 12 heteroatoms. The van der Waals surface area contributed by atoms with Gasteiger partial charge in [-0.15, -0.1) is 0 Å². The molecule has 0 aliphatic carbocycles. The number of amides is 2. The molecule has 0 fully saturated rings. The van der Waals surface area contributed by atoms with E-state index in [9.17, 15) is 19.8 Å². The van der Waals surface area contributed by atoms with Gasteiger partial charge in [0.1, 0.15) is 34.6 Å². The highest BCUT2D eigenvalue weighted by Crippen LogP contribution is 2.50. The first-order valence-corrected chi connectivity index (χ1v) is 18.2. The number of hydrogen-bond acceptors (Lipinski definition) is 10. The Morgan fingerprint density at radius 1 is 0.558 bits per heavy atom. The van der Waals surface area contributed by atoms with Gasteiger partial charge in [0.05, 0.1) is 11.4 Å². The Morgan fingerprint density at radius 2 is 0.942 bits per heavy atom. The second-order valence-corrected chi connectivity index (χ2v) is 14.4. The summed E-state index contributed by atoms with van der Waals surface area (Å²) in [5, 5.41) is 27.8. The van der Waals surface area contributed by atoms with E-state index in [1.54, 1.807) is 70.5 Å². The van der Waals surface area contributed by atoms with E-state index in [4.69, 9.17) is 9.98 Å². The Kier molecular flexibility index (Phi) is 7.82. The number of phenols is 2. The number of carbonyl (C=O) groups is 2. The van der Waals surface area contributed by atoms with E-state index in [1.165, 1.54) is 23.5 Å². The van der Waals surface area contributed by atoms with Crippen molar-refractivity contribution >= 4 is 70.5 Å². The lowest BCUT2D eigenvalue weighted by molar-refractivity contribution is -0.123. The molecular formula is C40H28N6O4S2. The second-order valence-electron chi connectivity index (χ2n) is 12.2. The number of phenolic OH excluding ortho intramolecular Hbond substituents is 2. The van der Waals surface area contributed by atoms with Crippen LogP contribution in [0, 0.1) is 0 Å². The highest BCUT2D eigenvalue weighted by molar-refractivity contribution is 8.01. The van der Waals surface area contributed by atoms with E-state index in [2.05, 4.69) is 10.6 Å². The van der Waals surface area contributed by atoms with E-state index in [-0.39, 0.29) is 34.7 Å². The molecule has 0 aromatic heterocycles. The molecule has 0 radical (unpaired) electrons. The summed E-state index contributed by atoms with van der Waals surface area (Å²) >= 11 is 3.00. The Hall–Kier alpha value is -6.24. The maximum atomic E-state index is 14.0. The molecule has 0 saturated heterocycles. The van der Waals surface area contributed by atoms with Crippen LogP contribution in [0.1, 0.15) is 22.3 Å². The first kappa shape index (κ1) is 31.7. The largest absolute Gasteiger partial charge is 0.507 e. The summed E-state index contributed by atoms with van der Waals surface area (Å²) in [7, 11) is 0. The van der Waals surface area contributed by atoms with Crippen LogP contribution in [0.5, 0.6) is 11.5 Å². The molecule has 4 aliphatic heterocycles. The summed E-state index contributed by atoms with van der Waals surface area (Å²) < 4.78 is 0. The number of para-hydroxylation sites is 2. The fourth-order valence-electron chi connectivity index (χ4n) is 6.37. The van der Waals surface area contributed by atoms with Crippen LogP contribution < -0.4 is 10.6 Å². The van der Waals surface area contributed by atoms with Crippen molar-refractivity contribution in [1.82, 2.24) is 9.80 Å². The second kappa shape index (κ2) is 12.8. The quantitative estimate of drug-likeness (QED) is 0.134. The van der Waals surface area contributed by atoms with Crippen molar-refractivity contribution < 1.29 is 19.8 Å². The predicted octanol–water partition coefficient (Wildman–Crippen LogP) is 7.36. The van der Waals surface area contributed by atoms with Gasteiger partial charge in [0, 0.05) is 32.0 Å². The Balaban J connectivity index is 0.993. The zero-order valence-corrected chi connectivity index (χ0v) is 28.8. The molecule has 4 heterocycles. The maximum Gasteiger partial charge on any atom is 0.280 e. The minimum absolute atomic E-state index is 0.0665. The summed E-state index contributed by atoms with van der Waals surface area (Å²) in [5.74, 6) is 0.589. The van der Waals surface area contributed by atoms with Gasteiger partial charge in [-0.1, -0.05) is 121 Å². The minimum atomic E-state index is -0.487. The Bertz CT molecular complexity index is 2210. The predicted molar refractivity (Wildman–Crippen MR) is 205 cm³/mol. The molecule has 52 heavy (non-hydrogen) atoms. The van der Waals surface area contributed by atoms with Crippen molar-refractivity contribution in [3.05, 3.63) is 155 Å². The van der Waals surface area contributed by atoms with Crippen molar-refractivity contribution in [2.45, 2.75) is 20.8 Å². The maximum absolute atomic E-state index is 14.0. The van der Waals surface area contributed by atoms with E-state index < -0.39 is 11.0 Å². The molecule has 2 unspecified atom stereocenters. The number of nitrogens with zero attached hydrogens (tertiary/aromatic N) is 4. The SMILES string of the molecule is O=C1C(=Cc2ccccc2O)N=C(c2ccccc2)N1C1Nc2cc3c(cc2S1)NC(N1C(=O)C(=Cc2ccccc2O)N=C1c1ccccc1)S3. The zero-order valence-electron chi connectivity index (χ0n) is 27.2. The molecular weight excluding hydrogens is 693 g/mol. The van der Waals surface area contributed by atoms with Crippen LogP contribution in [0.25, 0.3) is 12.2 Å². The van der Waals surface area contributed by atoms with Crippen LogP contribution in [0.15, 0.2) is 152 Å². The summed E-state index contributed by atoms with van der Waals surface area (Å²) in [4.78, 5) is 42.7. The van der Waals surface area contributed by atoms with Crippen LogP contribution in [-0.2, 0) is 9.59 Å². The van der Waals surface area contributed by atoms with Crippen LogP contribution in [0.2, 0.25) is 0 Å². The van der Waals surface area contributed by atoms with Gasteiger partial charge >= 0.3 is 0 Å². The molecule has 4 N–H and O–H groups in total. The lowest BCUT2D eigenvalue weighted by Gasteiger charge is -2.25. The monoisotopic (exact) mass is 720 g/mol. The average Bonchev–Trinajstić information content (AvgIpc) is 3.92. The van der Waals surface area contributed by atoms with Gasteiger partial charge in [-0.05, 0) is 36.4 Å². The van der Waals surface area contributed by atoms with E-state index in [0.29, 0.717) is 22.8 Å². The number of nitrogens with one attached hydrogen (secondary N) is 2. The molecule has 10 nitrogen and oxygen atoms in total. The number of benzene rings is 5. The van der Waals surface area contributed by atoms with Crippen LogP contribution in [0.4, 0.5) is 11.4 Å². The topological polar surface area (TPSA) is 130 Å². The normalized spacial score (nSPS) is 20.5. The highest BCUT2D eigenvalue weighted by Gasteiger charge is 2.43. The van der Waals surface area contributed by atoms with Gasteiger partial charge in [-0.2, -0.15) is 0 Å². The summed E-state index contributed by atoms with van der Waals surface area (Å²) in [6, 6.07) is 36.9. The first-order valence-electron chi connectivity index (χ1n) is 16.4. The van der Waals surface area contributed by atoms with Crippen molar-refractivity contribution in [3.63, 3.8) is 0 Å². The number of anilines is 2. The summed E-state index contributed by atoms with van der Waals surface area (Å²) in [5.41, 5.74) is 3.78. The summed E-state index contributed by atoms with van der Waals surface area (Å²) in [6.45, 7) is 0. The fourth-order valence-corrected chi connectivity index (χ4v) is 8.69. The third-order valence-electron chi connectivity index (χ3n) is 8.89. The third-order valence-corrected chi connectivity index (χ3v) is 11.2. The molecule has 4 aliphatic rings. The Labute approximate surface area is 306 Å². The number of hydrogen-bond donors (Lipinski definition) is 4. The average molecular weight is 721 g/mol. The van der Waals surface area contributed by atoms with Crippen molar-refractivity contribution in [1.29, 1.82) is 0 Å². The molecule has 254 valence electrons. The number of carbonyl (C=O) groups excluding carboxylic acids is 2. The summed E-state index contributed by atoms with van der Waals surface area (Å²) in [6.07, 6.45) is 3.22. The molecule has 5 aromatic rings.